The number of carbonyl (C=O) groups is 1. The number of piperidine rings is 1. The average molecular weight is 243 g/mol. The molecule has 0 amide bonds. The maximum Gasteiger partial charge on any atom is 0.329 e. The van der Waals surface area contributed by atoms with E-state index < -0.39 is 5.97 Å². The molecular formula is C13H25NO3. The van der Waals surface area contributed by atoms with Gasteiger partial charge in [0.05, 0.1) is 6.10 Å². The zero-order valence-corrected chi connectivity index (χ0v) is 11.2. The smallest absolute Gasteiger partial charge is 0.329 e. The van der Waals surface area contributed by atoms with Gasteiger partial charge < -0.3 is 9.84 Å². The fourth-order valence-electron chi connectivity index (χ4n) is 2.71. The van der Waals surface area contributed by atoms with Crippen LogP contribution in [-0.2, 0) is 9.53 Å². The molecule has 1 N–H and O–H groups in total. The molecule has 17 heavy (non-hydrogen) atoms. The minimum absolute atomic E-state index is 0.131. The summed E-state index contributed by atoms with van der Waals surface area (Å²) in [6.07, 6.45) is 3.22. The zero-order valence-electron chi connectivity index (χ0n) is 11.2. The van der Waals surface area contributed by atoms with E-state index >= 15 is 0 Å². The summed E-state index contributed by atoms with van der Waals surface area (Å²) in [5.41, 5.74) is 0. The summed E-state index contributed by atoms with van der Waals surface area (Å²) in [5.74, 6) is -0.197. The molecule has 0 bridgehead atoms. The third kappa shape index (κ3) is 4.64. The maximum atomic E-state index is 10.4. The van der Waals surface area contributed by atoms with E-state index in [1.807, 2.05) is 0 Å². The first-order valence-corrected chi connectivity index (χ1v) is 6.62. The second-order valence-corrected chi connectivity index (χ2v) is 5.16. The van der Waals surface area contributed by atoms with Crippen molar-refractivity contribution in [2.24, 2.45) is 5.92 Å². The summed E-state index contributed by atoms with van der Waals surface area (Å²) in [6, 6.07) is 0.649. The van der Waals surface area contributed by atoms with Crippen LogP contribution in [0.2, 0.25) is 0 Å². The monoisotopic (exact) mass is 243 g/mol. The van der Waals surface area contributed by atoms with Gasteiger partial charge in [-0.3, -0.25) is 4.90 Å². The highest BCUT2D eigenvalue weighted by Crippen LogP contribution is 2.21. The molecule has 1 aliphatic rings. The molecule has 1 saturated heterocycles. The fourth-order valence-corrected chi connectivity index (χ4v) is 2.71. The number of carboxylic acid groups (broad SMARTS) is 1. The van der Waals surface area contributed by atoms with Gasteiger partial charge in [-0.25, -0.2) is 4.79 Å². The number of hydrogen-bond donors (Lipinski definition) is 1. The van der Waals surface area contributed by atoms with Crippen molar-refractivity contribution in [2.45, 2.75) is 52.2 Å². The Balaban J connectivity index is 2.32. The molecule has 4 nitrogen and oxygen atoms in total. The van der Waals surface area contributed by atoms with Crippen LogP contribution in [0.1, 0.15) is 40.0 Å². The summed E-state index contributed by atoms with van der Waals surface area (Å²) < 4.78 is 5.34. The molecule has 0 saturated carbocycles. The lowest BCUT2D eigenvalue weighted by Crippen LogP contribution is -2.45. The predicted molar refractivity (Wildman–Crippen MR) is 67.1 cm³/mol. The Bertz CT molecular complexity index is 235. The number of hydrogen-bond acceptors (Lipinski definition) is 3. The highest BCUT2D eigenvalue weighted by molar-refractivity contribution is 5.68. The summed E-state index contributed by atoms with van der Waals surface area (Å²) in [5, 5.41) is 8.56. The molecule has 1 fully saturated rings. The molecule has 0 aromatic heterocycles. The number of likely N-dealkylation sites (tertiary alicyclic amines) is 1. The van der Waals surface area contributed by atoms with Gasteiger partial charge in [0, 0.05) is 19.1 Å². The molecule has 0 aromatic carbocycles. The van der Waals surface area contributed by atoms with Gasteiger partial charge in [0.1, 0.15) is 6.61 Å². The third-order valence-corrected chi connectivity index (χ3v) is 3.58. The van der Waals surface area contributed by atoms with Crippen molar-refractivity contribution in [1.29, 1.82) is 0 Å². The van der Waals surface area contributed by atoms with E-state index in [9.17, 15) is 4.79 Å². The standard InChI is InChI=1S/C13H25NO3/c1-4-12(10(2)3)14-7-5-11(6-8-14)17-9-13(15)16/h10-12H,4-9H2,1-3H3,(H,15,16). The Morgan fingerprint density at radius 1 is 1.41 bits per heavy atom. The van der Waals surface area contributed by atoms with Gasteiger partial charge in [-0.15, -0.1) is 0 Å². The number of ether oxygens (including phenoxy) is 1. The van der Waals surface area contributed by atoms with Crippen molar-refractivity contribution < 1.29 is 14.6 Å². The largest absolute Gasteiger partial charge is 0.480 e. The van der Waals surface area contributed by atoms with Crippen molar-refractivity contribution in [3.63, 3.8) is 0 Å². The summed E-state index contributed by atoms with van der Waals surface area (Å²) in [7, 11) is 0. The van der Waals surface area contributed by atoms with E-state index in [2.05, 4.69) is 25.7 Å². The minimum Gasteiger partial charge on any atom is -0.480 e. The zero-order chi connectivity index (χ0) is 12.8. The number of nitrogens with zero attached hydrogens (tertiary/aromatic N) is 1. The van der Waals surface area contributed by atoms with Gasteiger partial charge in [0.2, 0.25) is 0 Å². The van der Waals surface area contributed by atoms with E-state index in [4.69, 9.17) is 9.84 Å². The first-order valence-electron chi connectivity index (χ1n) is 6.62. The topological polar surface area (TPSA) is 49.8 Å². The number of rotatable bonds is 6. The van der Waals surface area contributed by atoms with Crippen LogP contribution in [0.15, 0.2) is 0 Å². The van der Waals surface area contributed by atoms with Crippen LogP contribution < -0.4 is 0 Å². The molecule has 1 aliphatic heterocycles. The fraction of sp³-hybridized carbons (Fsp3) is 0.923. The Morgan fingerprint density at radius 3 is 2.41 bits per heavy atom. The quantitative estimate of drug-likeness (QED) is 0.775. The van der Waals surface area contributed by atoms with Crippen LogP contribution in [0.5, 0.6) is 0 Å². The summed E-state index contributed by atoms with van der Waals surface area (Å²) in [6.45, 7) is 8.66. The first kappa shape index (κ1) is 14.5. The Hall–Kier alpha value is -0.610. The molecule has 1 unspecified atom stereocenters. The van der Waals surface area contributed by atoms with Gasteiger partial charge in [-0.05, 0) is 25.2 Å². The van der Waals surface area contributed by atoms with Crippen molar-refractivity contribution in [3.05, 3.63) is 0 Å². The molecule has 1 heterocycles. The van der Waals surface area contributed by atoms with Gasteiger partial charge in [0.15, 0.2) is 0 Å². The average Bonchev–Trinajstić information content (AvgIpc) is 2.28. The van der Waals surface area contributed by atoms with Crippen LogP contribution in [0.25, 0.3) is 0 Å². The number of aliphatic carboxylic acids is 1. The van der Waals surface area contributed by atoms with E-state index in [1.54, 1.807) is 0 Å². The van der Waals surface area contributed by atoms with Gasteiger partial charge in [-0.2, -0.15) is 0 Å². The molecule has 0 aliphatic carbocycles. The van der Waals surface area contributed by atoms with Crippen molar-refractivity contribution in [2.75, 3.05) is 19.7 Å². The maximum absolute atomic E-state index is 10.4. The van der Waals surface area contributed by atoms with Crippen molar-refractivity contribution in [1.82, 2.24) is 4.90 Å². The van der Waals surface area contributed by atoms with Crippen LogP contribution in [0.3, 0.4) is 0 Å². The van der Waals surface area contributed by atoms with E-state index in [0.29, 0.717) is 12.0 Å². The lowest BCUT2D eigenvalue weighted by molar-refractivity contribution is -0.145. The molecule has 1 atom stereocenters. The lowest BCUT2D eigenvalue weighted by Gasteiger charge is -2.38. The van der Waals surface area contributed by atoms with Gasteiger partial charge in [-0.1, -0.05) is 20.8 Å². The molecular weight excluding hydrogens is 218 g/mol. The van der Waals surface area contributed by atoms with Gasteiger partial charge >= 0.3 is 5.97 Å². The Kier molecular flexibility index (Phi) is 5.92. The second kappa shape index (κ2) is 6.97. The van der Waals surface area contributed by atoms with Crippen molar-refractivity contribution in [3.8, 4) is 0 Å². The molecule has 0 aromatic rings. The van der Waals surface area contributed by atoms with E-state index in [1.165, 1.54) is 6.42 Å². The number of carboxylic acids is 1. The normalized spacial score (nSPS) is 20.7. The molecule has 1 rings (SSSR count). The van der Waals surface area contributed by atoms with E-state index in [-0.39, 0.29) is 12.7 Å². The van der Waals surface area contributed by atoms with Crippen LogP contribution >= 0.6 is 0 Å². The molecule has 0 spiro atoms. The summed E-state index contributed by atoms with van der Waals surface area (Å²) in [4.78, 5) is 12.9. The molecule has 4 heteroatoms. The van der Waals surface area contributed by atoms with E-state index in [0.717, 1.165) is 25.9 Å². The van der Waals surface area contributed by atoms with Crippen LogP contribution in [-0.4, -0.2) is 47.8 Å². The van der Waals surface area contributed by atoms with Crippen LogP contribution in [0.4, 0.5) is 0 Å². The Labute approximate surface area is 104 Å². The SMILES string of the molecule is CCC(C(C)C)N1CCC(OCC(=O)O)CC1. The third-order valence-electron chi connectivity index (χ3n) is 3.58. The van der Waals surface area contributed by atoms with Gasteiger partial charge in [0.25, 0.3) is 0 Å². The molecule has 100 valence electrons. The molecule has 0 radical (unpaired) electrons. The first-order chi connectivity index (χ1) is 8.04. The minimum atomic E-state index is -0.874. The Morgan fingerprint density at radius 2 is 2.00 bits per heavy atom. The highest BCUT2D eigenvalue weighted by atomic mass is 16.5. The highest BCUT2D eigenvalue weighted by Gasteiger charge is 2.26. The summed E-state index contributed by atoms with van der Waals surface area (Å²) >= 11 is 0. The lowest BCUT2D eigenvalue weighted by atomic mass is 9.96. The van der Waals surface area contributed by atoms with Crippen LogP contribution in [0, 0.1) is 5.92 Å². The predicted octanol–water partition coefficient (Wildman–Crippen LogP) is 1.99. The van der Waals surface area contributed by atoms with Crippen molar-refractivity contribution >= 4 is 5.97 Å². The second-order valence-electron chi connectivity index (χ2n) is 5.16.